The monoisotopic (exact) mass is 366 g/mol. The van der Waals surface area contributed by atoms with Crippen molar-refractivity contribution in [2.75, 3.05) is 92.4 Å². The topological polar surface area (TPSA) is 111 Å². The second-order valence-electron chi connectivity index (χ2n) is 4.95. The van der Waals surface area contributed by atoms with Gasteiger partial charge in [0.05, 0.1) is 79.3 Å². The Morgan fingerprint density at radius 3 is 1.28 bits per heavy atom. The minimum Gasteiger partial charge on any atom is -0.378 e. The van der Waals surface area contributed by atoms with Crippen molar-refractivity contribution in [1.29, 1.82) is 0 Å². The van der Waals surface area contributed by atoms with E-state index in [0.717, 1.165) is 0 Å². The Balaban J connectivity index is 2.97. The van der Waals surface area contributed by atoms with Crippen molar-refractivity contribution >= 4 is 5.91 Å². The predicted octanol–water partition coefficient (Wildman–Crippen LogP) is -0.819. The molecular weight excluding hydrogens is 332 g/mol. The summed E-state index contributed by atoms with van der Waals surface area (Å²) in [4.78, 5) is 10.6. The fraction of sp³-hybridized carbons (Fsp3) is 0.938. The third-order valence-electron chi connectivity index (χ3n) is 2.74. The minimum absolute atomic E-state index is 0.0542. The molecule has 0 aliphatic rings. The zero-order valence-corrected chi connectivity index (χ0v) is 15.3. The van der Waals surface area contributed by atoms with Gasteiger partial charge < -0.3 is 39.5 Å². The van der Waals surface area contributed by atoms with Gasteiger partial charge in [-0.3, -0.25) is 4.79 Å². The van der Waals surface area contributed by atoms with Crippen LogP contribution < -0.4 is 11.1 Å². The Morgan fingerprint density at radius 2 is 0.960 bits per heavy atom. The Kier molecular flexibility index (Phi) is 20.5. The van der Waals surface area contributed by atoms with Crippen molar-refractivity contribution in [1.82, 2.24) is 5.32 Å². The number of nitrogens with one attached hydrogen (secondary N) is 1. The van der Waals surface area contributed by atoms with Crippen LogP contribution >= 0.6 is 0 Å². The highest BCUT2D eigenvalue weighted by Crippen LogP contribution is 1.84. The lowest BCUT2D eigenvalue weighted by atomic mass is 10.6. The van der Waals surface area contributed by atoms with Gasteiger partial charge in [-0.15, -0.1) is 0 Å². The molecule has 9 heteroatoms. The summed E-state index contributed by atoms with van der Waals surface area (Å²) in [5.41, 5.74) is 5.29. The van der Waals surface area contributed by atoms with E-state index in [1.54, 1.807) is 0 Å². The van der Waals surface area contributed by atoms with E-state index < -0.39 is 0 Å². The van der Waals surface area contributed by atoms with Gasteiger partial charge in [-0.1, -0.05) is 0 Å². The molecule has 0 aromatic rings. The highest BCUT2D eigenvalue weighted by atomic mass is 16.6. The van der Waals surface area contributed by atoms with Crippen LogP contribution in [0.25, 0.3) is 0 Å². The summed E-state index contributed by atoms with van der Waals surface area (Å²) in [6, 6.07) is 0. The summed E-state index contributed by atoms with van der Waals surface area (Å²) in [5.74, 6) is -0.0542. The Bertz CT molecular complexity index is 283. The number of carbonyl (C=O) groups excluding carboxylic acids is 1. The molecule has 0 aromatic heterocycles. The molecule has 0 saturated carbocycles. The van der Waals surface area contributed by atoms with Crippen LogP contribution in [0.3, 0.4) is 0 Å². The van der Waals surface area contributed by atoms with Gasteiger partial charge in [-0.05, 0) is 0 Å². The zero-order chi connectivity index (χ0) is 18.4. The summed E-state index contributed by atoms with van der Waals surface area (Å²) in [6.45, 7) is 8.84. The third kappa shape index (κ3) is 23.2. The molecule has 1 amide bonds. The molecule has 9 nitrogen and oxygen atoms in total. The smallest absolute Gasteiger partial charge is 0.216 e. The Morgan fingerprint density at radius 1 is 0.640 bits per heavy atom. The summed E-state index contributed by atoms with van der Waals surface area (Å²) < 4.78 is 31.8. The maximum atomic E-state index is 10.6. The second kappa shape index (κ2) is 21.2. The standard InChI is InChI=1S/C16H34N2O7/c1-16(19)18-3-5-21-7-9-23-11-13-25-15-14-24-12-10-22-8-6-20-4-2-17/h2-15,17H2,1H3,(H,18,19). The molecule has 0 unspecified atom stereocenters. The highest BCUT2D eigenvalue weighted by Gasteiger charge is 1.94. The molecule has 0 atom stereocenters. The van der Waals surface area contributed by atoms with Gasteiger partial charge in [0, 0.05) is 20.0 Å². The molecule has 0 bridgehead atoms. The molecule has 0 fully saturated rings. The maximum Gasteiger partial charge on any atom is 0.216 e. The normalized spacial score (nSPS) is 11.0. The van der Waals surface area contributed by atoms with Crippen LogP contribution in [-0.4, -0.2) is 98.3 Å². The van der Waals surface area contributed by atoms with Crippen LogP contribution in [0.15, 0.2) is 0 Å². The molecule has 0 aliphatic carbocycles. The van der Waals surface area contributed by atoms with Gasteiger partial charge in [0.2, 0.25) is 5.91 Å². The largest absolute Gasteiger partial charge is 0.378 e. The summed E-state index contributed by atoms with van der Waals surface area (Å²) in [5, 5.41) is 2.65. The van der Waals surface area contributed by atoms with E-state index in [4.69, 9.17) is 34.2 Å². The van der Waals surface area contributed by atoms with Gasteiger partial charge in [-0.25, -0.2) is 0 Å². The van der Waals surface area contributed by atoms with Crippen molar-refractivity contribution in [3.05, 3.63) is 0 Å². The van der Waals surface area contributed by atoms with Crippen molar-refractivity contribution < 1.29 is 33.2 Å². The van der Waals surface area contributed by atoms with Crippen molar-refractivity contribution in [2.45, 2.75) is 6.92 Å². The average Bonchev–Trinajstić information content (AvgIpc) is 2.60. The minimum atomic E-state index is -0.0542. The Labute approximate surface area is 150 Å². The number of ether oxygens (including phenoxy) is 6. The molecule has 0 spiro atoms. The van der Waals surface area contributed by atoms with Crippen LogP contribution in [0.1, 0.15) is 6.92 Å². The van der Waals surface area contributed by atoms with E-state index in [2.05, 4.69) is 5.32 Å². The molecule has 0 rings (SSSR count). The second-order valence-corrected chi connectivity index (χ2v) is 4.95. The van der Waals surface area contributed by atoms with Crippen molar-refractivity contribution in [2.24, 2.45) is 5.73 Å². The Hall–Kier alpha value is -0.810. The van der Waals surface area contributed by atoms with Crippen LogP contribution in [0.4, 0.5) is 0 Å². The number of carbonyl (C=O) groups is 1. The molecule has 25 heavy (non-hydrogen) atoms. The number of nitrogens with two attached hydrogens (primary N) is 1. The number of hydrogen-bond acceptors (Lipinski definition) is 8. The van der Waals surface area contributed by atoms with E-state index in [-0.39, 0.29) is 5.91 Å². The molecular formula is C16H34N2O7. The number of hydrogen-bond donors (Lipinski definition) is 2. The first-order valence-electron chi connectivity index (χ1n) is 8.68. The van der Waals surface area contributed by atoms with E-state index in [9.17, 15) is 4.79 Å². The van der Waals surface area contributed by atoms with E-state index in [0.29, 0.717) is 92.4 Å². The van der Waals surface area contributed by atoms with E-state index >= 15 is 0 Å². The van der Waals surface area contributed by atoms with Gasteiger partial charge in [0.1, 0.15) is 0 Å². The molecule has 3 N–H and O–H groups in total. The SMILES string of the molecule is CC(=O)NCCOCCOCCOCCOCCOCCOCCN. The molecule has 0 aromatic carbocycles. The van der Waals surface area contributed by atoms with Crippen molar-refractivity contribution in [3.8, 4) is 0 Å². The van der Waals surface area contributed by atoms with Crippen LogP contribution in [0, 0.1) is 0 Å². The average molecular weight is 366 g/mol. The first-order chi connectivity index (χ1) is 12.3. The quantitative estimate of drug-likeness (QED) is 0.269. The molecule has 150 valence electrons. The van der Waals surface area contributed by atoms with Crippen LogP contribution in [0.2, 0.25) is 0 Å². The van der Waals surface area contributed by atoms with E-state index in [1.807, 2.05) is 0 Å². The lowest BCUT2D eigenvalue weighted by Gasteiger charge is -2.08. The molecule has 0 aliphatic heterocycles. The first kappa shape index (κ1) is 24.2. The highest BCUT2D eigenvalue weighted by molar-refractivity contribution is 5.72. The predicted molar refractivity (Wildman–Crippen MR) is 92.7 cm³/mol. The number of rotatable bonds is 20. The molecule has 0 saturated heterocycles. The lowest BCUT2D eigenvalue weighted by molar-refractivity contribution is -0.119. The van der Waals surface area contributed by atoms with Crippen LogP contribution in [0.5, 0.6) is 0 Å². The third-order valence-corrected chi connectivity index (χ3v) is 2.74. The maximum absolute atomic E-state index is 10.6. The lowest BCUT2D eigenvalue weighted by Crippen LogP contribution is -2.25. The van der Waals surface area contributed by atoms with Gasteiger partial charge in [-0.2, -0.15) is 0 Å². The molecule has 0 radical (unpaired) electrons. The van der Waals surface area contributed by atoms with Gasteiger partial charge in [0.25, 0.3) is 0 Å². The first-order valence-corrected chi connectivity index (χ1v) is 8.68. The van der Waals surface area contributed by atoms with E-state index in [1.165, 1.54) is 6.92 Å². The van der Waals surface area contributed by atoms with Gasteiger partial charge in [0.15, 0.2) is 0 Å². The van der Waals surface area contributed by atoms with Gasteiger partial charge >= 0.3 is 0 Å². The molecule has 0 heterocycles. The van der Waals surface area contributed by atoms with Crippen LogP contribution in [-0.2, 0) is 33.2 Å². The zero-order valence-electron chi connectivity index (χ0n) is 15.3. The fourth-order valence-electron chi connectivity index (χ4n) is 1.58. The summed E-state index contributed by atoms with van der Waals surface area (Å²) in [7, 11) is 0. The van der Waals surface area contributed by atoms with Crippen molar-refractivity contribution in [3.63, 3.8) is 0 Å². The fourth-order valence-corrected chi connectivity index (χ4v) is 1.58. The summed E-state index contributed by atoms with van der Waals surface area (Å²) >= 11 is 0. The number of amides is 1. The summed E-state index contributed by atoms with van der Waals surface area (Å²) in [6.07, 6.45) is 0.